The van der Waals surface area contributed by atoms with Crippen molar-refractivity contribution in [3.05, 3.63) is 71.4 Å². The van der Waals surface area contributed by atoms with Crippen LogP contribution >= 0.6 is 0 Å². The Balaban J connectivity index is 1.43. The fraction of sp³-hybridized carbons (Fsp3) is 0.393. The molecule has 0 saturated carbocycles. The minimum Gasteiger partial charge on any atom is -0.467 e. The maximum Gasteiger partial charge on any atom is 0.416 e. The van der Waals surface area contributed by atoms with Crippen molar-refractivity contribution in [2.24, 2.45) is 0 Å². The highest BCUT2D eigenvalue weighted by Gasteiger charge is 2.33. The van der Waals surface area contributed by atoms with Gasteiger partial charge in [0.15, 0.2) is 6.79 Å². The number of fused-ring (bicyclic) bond motifs is 1. The third-order valence-electron chi connectivity index (χ3n) is 6.78. The molecule has 1 saturated heterocycles. The molecule has 206 valence electrons. The molecule has 1 aliphatic rings. The van der Waals surface area contributed by atoms with Crippen LogP contribution in [0.1, 0.15) is 36.5 Å². The van der Waals surface area contributed by atoms with E-state index in [1.165, 1.54) is 5.56 Å². The lowest BCUT2D eigenvalue weighted by Crippen LogP contribution is -2.42. The molecule has 4 aromatic rings. The number of anilines is 1. The Morgan fingerprint density at radius 3 is 2.69 bits per heavy atom. The van der Waals surface area contributed by atoms with Crippen LogP contribution in [0.15, 0.2) is 54.7 Å². The van der Waals surface area contributed by atoms with Crippen LogP contribution in [-0.4, -0.2) is 57.2 Å². The van der Waals surface area contributed by atoms with E-state index < -0.39 is 11.7 Å². The molecule has 11 heteroatoms. The number of hydrogen-bond acceptors (Lipinski definition) is 7. The highest BCUT2D eigenvalue weighted by atomic mass is 19.4. The summed E-state index contributed by atoms with van der Waals surface area (Å²) in [6.07, 6.45) is -0.878. The molecule has 1 aliphatic heterocycles. The Morgan fingerprint density at radius 1 is 1.10 bits per heavy atom. The molecular formula is C28H31F3N6O2. The van der Waals surface area contributed by atoms with E-state index >= 15 is 0 Å². The summed E-state index contributed by atoms with van der Waals surface area (Å²) in [6, 6.07) is 14.3. The molecule has 0 spiro atoms. The van der Waals surface area contributed by atoms with Crippen molar-refractivity contribution in [2.75, 3.05) is 31.8 Å². The minimum absolute atomic E-state index is 0.0257. The molecule has 0 aliphatic carbocycles. The molecule has 2 aromatic carbocycles. The van der Waals surface area contributed by atoms with Gasteiger partial charge in [0.05, 0.1) is 17.3 Å². The van der Waals surface area contributed by atoms with Gasteiger partial charge >= 0.3 is 6.18 Å². The maximum absolute atomic E-state index is 13.6. The van der Waals surface area contributed by atoms with Crippen molar-refractivity contribution in [3.63, 3.8) is 0 Å². The number of rotatable bonds is 9. The van der Waals surface area contributed by atoms with E-state index in [0.717, 1.165) is 44.6 Å². The number of piperidine rings is 1. The summed E-state index contributed by atoms with van der Waals surface area (Å²) >= 11 is 0. The first-order valence-electron chi connectivity index (χ1n) is 13.0. The number of aryl methyl sites for hydroxylation is 1. The quantitative estimate of drug-likeness (QED) is 0.220. The summed E-state index contributed by atoms with van der Waals surface area (Å²) in [6.45, 7) is 6.29. The molecule has 0 amide bonds. The van der Waals surface area contributed by atoms with Crippen molar-refractivity contribution in [1.82, 2.24) is 24.7 Å². The molecule has 8 nitrogen and oxygen atoms in total. The normalized spacial score (nSPS) is 16.5. The van der Waals surface area contributed by atoms with Gasteiger partial charge in [-0.3, -0.25) is 4.90 Å². The summed E-state index contributed by atoms with van der Waals surface area (Å²) in [5.41, 5.74) is 2.23. The number of nitrogens with zero attached hydrogens (tertiary/aromatic N) is 5. The number of aromatic nitrogens is 4. The molecular weight excluding hydrogens is 509 g/mol. The molecule has 1 N–H and O–H groups in total. The molecule has 1 atom stereocenters. The van der Waals surface area contributed by atoms with Crippen LogP contribution in [0.4, 0.5) is 19.1 Å². The number of halogens is 3. The van der Waals surface area contributed by atoms with E-state index in [-0.39, 0.29) is 18.6 Å². The van der Waals surface area contributed by atoms with Gasteiger partial charge in [0, 0.05) is 31.3 Å². The first-order chi connectivity index (χ1) is 18.8. The number of hydrogen-bond donors (Lipinski definition) is 1. The Kier molecular flexibility index (Phi) is 7.99. The zero-order valence-corrected chi connectivity index (χ0v) is 21.9. The van der Waals surface area contributed by atoms with Crippen LogP contribution in [0.5, 0.6) is 5.75 Å². The highest BCUT2D eigenvalue weighted by molar-refractivity contribution is 5.83. The first-order valence-corrected chi connectivity index (χ1v) is 13.0. The average molecular weight is 541 g/mol. The number of alkyl halides is 3. The van der Waals surface area contributed by atoms with Crippen molar-refractivity contribution < 1.29 is 22.6 Å². The summed E-state index contributed by atoms with van der Waals surface area (Å²) < 4.78 is 53.2. The largest absolute Gasteiger partial charge is 0.467 e. The van der Waals surface area contributed by atoms with Gasteiger partial charge in [0.25, 0.3) is 0 Å². The Morgan fingerprint density at radius 2 is 1.92 bits per heavy atom. The highest BCUT2D eigenvalue weighted by Crippen LogP contribution is 2.40. The molecule has 2 aromatic heterocycles. The minimum atomic E-state index is -4.52. The molecule has 5 rings (SSSR count). The van der Waals surface area contributed by atoms with Gasteiger partial charge < -0.3 is 14.8 Å². The van der Waals surface area contributed by atoms with Crippen LogP contribution in [-0.2, 0) is 17.5 Å². The molecule has 1 unspecified atom stereocenters. The zero-order valence-electron chi connectivity index (χ0n) is 21.9. The van der Waals surface area contributed by atoms with E-state index in [2.05, 4.69) is 37.6 Å². The van der Waals surface area contributed by atoms with Crippen LogP contribution in [0.25, 0.3) is 16.8 Å². The maximum atomic E-state index is 13.6. The van der Waals surface area contributed by atoms with Crippen molar-refractivity contribution >= 4 is 11.5 Å². The van der Waals surface area contributed by atoms with E-state index in [0.29, 0.717) is 34.9 Å². The van der Waals surface area contributed by atoms with Crippen molar-refractivity contribution in [1.29, 1.82) is 0 Å². The number of benzene rings is 2. The Labute approximate surface area is 224 Å². The molecule has 3 heterocycles. The van der Waals surface area contributed by atoms with Crippen LogP contribution in [0.2, 0.25) is 0 Å². The fourth-order valence-electron chi connectivity index (χ4n) is 4.98. The van der Waals surface area contributed by atoms with E-state index in [4.69, 9.17) is 9.47 Å². The second kappa shape index (κ2) is 11.6. The number of ether oxygens (including phenoxy) is 2. The SMILES string of the molecule is CCOCOc1cc(C(F)(F)F)cc(C)c1-c1nnc(NC2CCCN(Cc3ccccc3)C2)n2nccc12. The average Bonchev–Trinajstić information content (AvgIpc) is 3.40. The lowest BCUT2D eigenvalue weighted by atomic mass is 10.00. The van der Waals surface area contributed by atoms with Crippen LogP contribution in [0, 0.1) is 6.92 Å². The predicted octanol–water partition coefficient (Wildman–Crippen LogP) is 5.57. The standard InChI is InChI=1S/C28H31F3N6O2/c1-3-38-18-39-24-15-21(28(29,30)31)14-19(2)25(24)26-23-11-12-32-37(23)27(35-34-26)33-22-10-7-13-36(17-22)16-20-8-5-4-6-9-20/h4-6,8-9,11-12,14-15,22H,3,7,10,13,16-18H2,1-2H3,(H,33,35). The van der Waals surface area contributed by atoms with Gasteiger partial charge in [-0.05, 0) is 62.6 Å². The van der Waals surface area contributed by atoms with Gasteiger partial charge in [-0.2, -0.15) is 22.8 Å². The van der Waals surface area contributed by atoms with Crippen molar-refractivity contribution in [2.45, 2.75) is 45.5 Å². The molecule has 39 heavy (non-hydrogen) atoms. The molecule has 0 bridgehead atoms. The Hall–Kier alpha value is -3.70. The smallest absolute Gasteiger partial charge is 0.416 e. The molecule has 0 radical (unpaired) electrons. The summed E-state index contributed by atoms with van der Waals surface area (Å²) in [7, 11) is 0. The van der Waals surface area contributed by atoms with E-state index in [9.17, 15) is 13.2 Å². The number of nitrogens with one attached hydrogen (secondary N) is 1. The van der Waals surface area contributed by atoms with Crippen LogP contribution in [0.3, 0.4) is 0 Å². The van der Waals surface area contributed by atoms with Crippen LogP contribution < -0.4 is 10.1 Å². The van der Waals surface area contributed by atoms with Gasteiger partial charge in [-0.25, -0.2) is 0 Å². The Bertz CT molecular complexity index is 1410. The lowest BCUT2D eigenvalue weighted by Gasteiger charge is -2.33. The van der Waals surface area contributed by atoms with Gasteiger partial charge in [0.2, 0.25) is 5.95 Å². The van der Waals surface area contributed by atoms with E-state index in [1.807, 2.05) is 18.2 Å². The second-order valence-electron chi connectivity index (χ2n) is 9.62. The monoisotopic (exact) mass is 540 g/mol. The third-order valence-corrected chi connectivity index (χ3v) is 6.78. The summed E-state index contributed by atoms with van der Waals surface area (Å²) in [4.78, 5) is 2.41. The number of likely N-dealkylation sites (tertiary alicyclic amines) is 1. The van der Waals surface area contributed by atoms with Gasteiger partial charge in [-0.15, -0.1) is 10.2 Å². The summed E-state index contributed by atoms with van der Waals surface area (Å²) in [5.74, 6) is 0.504. The van der Waals surface area contributed by atoms with Gasteiger partial charge in [0.1, 0.15) is 11.4 Å². The summed E-state index contributed by atoms with van der Waals surface area (Å²) in [5, 5.41) is 16.8. The third kappa shape index (κ3) is 6.15. The first kappa shape index (κ1) is 26.9. The van der Waals surface area contributed by atoms with Gasteiger partial charge in [-0.1, -0.05) is 30.3 Å². The molecule has 1 fully saturated rings. The second-order valence-corrected chi connectivity index (χ2v) is 9.62. The van der Waals surface area contributed by atoms with E-state index in [1.54, 1.807) is 30.6 Å². The zero-order chi connectivity index (χ0) is 27.4. The topological polar surface area (TPSA) is 76.8 Å². The lowest BCUT2D eigenvalue weighted by molar-refractivity contribution is -0.137. The fourth-order valence-corrected chi connectivity index (χ4v) is 4.98. The van der Waals surface area contributed by atoms with Crippen molar-refractivity contribution in [3.8, 4) is 17.0 Å². The predicted molar refractivity (Wildman–Crippen MR) is 141 cm³/mol.